The minimum Gasteiger partial charge on any atom is -0.462 e. The molecular formula is C13H24O2. The molecule has 2 unspecified atom stereocenters. The zero-order chi connectivity index (χ0) is 11.1. The molecule has 1 rings (SSSR count). The number of esters is 1. The van der Waals surface area contributed by atoms with Gasteiger partial charge in [-0.25, -0.2) is 0 Å². The maximum absolute atomic E-state index is 11.4. The molecule has 0 aromatic carbocycles. The van der Waals surface area contributed by atoms with Crippen LogP contribution < -0.4 is 0 Å². The van der Waals surface area contributed by atoms with E-state index in [1.54, 1.807) is 0 Å². The topological polar surface area (TPSA) is 26.3 Å². The van der Waals surface area contributed by atoms with Crippen LogP contribution in [0.4, 0.5) is 0 Å². The van der Waals surface area contributed by atoms with Crippen molar-refractivity contribution in [1.29, 1.82) is 0 Å². The number of rotatable bonds is 5. The Labute approximate surface area is 93.4 Å². The van der Waals surface area contributed by atoms with Crippen molar-refractivity contribution in [2.75, 3.05) is 0 Å². The molecule has 0 bridgehead atoms. The molecule has 15 heavy (non-hydrogen) atoms. The molecule has 2 atom stereocenters. The molecule has 88 valence electrons. The molecule has 1 saturated carbocycles. The maximum Gasteiger partial charge on any atom is 0.306 e. The number of carbonyl (C=O) groups is 1. The molecule has 1 aliphatic rings. The van der Waals surface area contributed by atoms with Crippen LogP contribution in [0.25, 0.3) is 0 Å². The van der Waals surface area contributed by atoms with Gasteiger partial charge in [-0.15, -0.1) is 0 Å². The van der Waals surface area contributed by atoms with E-state index in [1.807, 2.05) is 6.92 Å². The third-order valence-electron chi connectivity index (χ3n) is 3.18. The van der Waals surface area contributed by atoms with Crippen molar-refractivity contribution in [3.63, 3.8) is 0 Å². The van der Waals surface area contributed by atoms with Crippen molar-refractivity contribution in [2.45, 2.75) is 71.3 Å². The maximum atomic E-state index is 11.4. The van der Waals surface area contributed by atoms with Gasteiger partial charge in [0.15, 0.2) is 0 Å². The summed E-state index contributed by atoms with van der Waals surface area (Å²) in [4.78, 5) is 11.4. The summed E-state index contributed by atoms with van der Waals surface area (Å²) in [5, 5.41) is 0. The van der Waals surface area contributed by atoms with Gasteiger partial charge in [-0.3, -0.25) is 4.79 Å². The molecule has 0 amide bonds. The molecule has 2 nitrogen and oxygen atoms in total. The van der Waals surface area contributed by atoms with Crippen molar-refractivity contribution in [1.82, 2.24) is 0 Å². The predicted octanol–water partition coefficient (Wildman–Crippen LogP) is 3.69. The van der Waals surface area contributed by atoms with Crippen molar-refractivity contribution in [3.8, 4) is 0 Å². The molecule has 0 heterocycles. The lowest BCUT2D eigenvalue weighted by Crippen LogP contribution is -2.25. The number of carbonyl (C=O) groups excluding carboxylic acids is 1. The molecule has 0 spiro atoms. The van der Waals surface area contributed by atoms with Gasteiger partial charge < -0.3 is 4.74 Å². The monoisotopic (exact) mass is 212 g/mol. The number of ether oxygens (including phenoxy) is 1. The van der Waals surface area contributed by atoms with E-state index < -0.39 is 0 Å². The highest BCUT2D eigenvalue weighted by Gasteiger charge is 2.23. The molecule has 0 aromatic heterocycles. The molecule has 0 radical (unpaired) electrons. The van der Waals surface area contributed by atoms with Crippen molar-refractivity contribution >= 4 is 5.97 Å². The van der Waals surface area contributed by atoms with Gasteiger partial charge in [0.2, 0.25) is 0 Å². The molecule has 2 heteroatoms. The smallest absolute Gasteiger partial charge is 0.306 e. The highest BCUT2D eigenvalue weighted by molar-refractivity contribution is 5.69. The van der Waals surface area contributed by atoms with Crippen LogP contribution in [0.5, 0.6) is 0 Å². The van der Waals surface area contributed by atoms with E-state index in [1.165, 1.54) is 25.7 Å². The summed E-state index contributed by atoms with van der Waals surface area (Å²) in [5.41, 5.74) is 0. The van der Waals surface area contributed by atoms with E-state index in [2.05, 4.69) is 6.92 Å². The minimum atomic E-state index is -0.000325. The van der Waals surface area contributed by atoms with Crippen LogP contribution in [0, 0.1) is 5.92 Å². The van der Waals surface area contributed by atoms with Gasteiger partial charge in [0.1, 0.15) is 6.10 Å². The fourth-order valence-electron chi connectivity index (χ4n) is 2.47. The quantitative estimate of drug-likeness (QED) is 0.650. The Morgan fingerprint density at radius 2 is 2.07 bits per heavy atom. The first kappa shape index (κ1) is 12.5. The first-order chi connectivity index (χ1) is 7.26. The molecule has 1 aliphatic carbocycles. The first-order valence-corrected chi connectivity index (χ1v) is 6.45. The molecular weight excluding hydrogens is 188 g/mol. The normalized spacial score (nSPS) is 26.3. The molecule has 0 saturated heterocycles. The summed E-state index contributed by atoms with van der Waals surface area (Å²) in [6, 6.07) is 0. The van der Waals surface area contributed by atoms with Crippen LogP contribution in [0.2, 0.25) is 0 Å². The van der Waals surface area contributed by atoms with Crippen LogP contribution in [0.1, 0.15) is 65.2 Å². The van der Waals surface area contributed by atoms with Gasteiger partial charge in [-0.1, -0.05) is 33.1 Å². The second-order valence-electron chi connectivity index (χ2n) is 4.68. The molecule has 0 aromatic rings. The summed E-state index contributed by atoms with van der Waals surface area (Å²) < 4.78 is 5.47. The van der Waals surface area contributed by atoms with Gasteiger partial charge in [0.05, 0.1) is 0 Å². The Morgan fingerprint density at radius 1 is 1.27 bits per heavy atom. The number of hydrogen-bond donors (Lipinski definition) is 0. The second-order valence-corrected chi connectivity index (χ2v) is 4.68. The van der Waals surface area contributed by atoms with Crippen molar-refractivity contribution in [2.24, 2.45) is 5.92 Å². The lowest BCUT2D eigenvalue weighted by atomic mass is 9.84. The van der Waals surface area contributed by atoms with E-state index in [0.717, 1.165) is 25.2 Å². The van der Waals surface area contributed by atoms with Gasteiger partial charge in [0, 0.05) is 6.42 Å². The summed E-state index contributed by atoms with van der Waals surface area (Å²) in [7, 11) is 0. The highest BCUT2D eigenvalue weighted by Crippen LogP contribution is 2.29. The Balaban J connectivity index is 2.26. The van der Waals surface area contributed by atoms with E-state index >= 15 is 0 Å². The molecule has 0 N–H and O–H groups in total. The standard InChI is InChI=1S/C13H24O2/c1-3-6-11-8-5-9-12(10-11)15-13(14)7-4-2/h11-12H,3-10H2,1-2H3. The predicted molar refractivity (Wildman–Crippen MR) is 61.7 cm³/mol. The van der Waals surface area contributed by atoms with Gasteiger partial charge in [-0.2, -0.15) is 0 Å². The van der Waals surface area contributed by atoms with Crippen molar-refractivity contribution in [3.05, 3.63) is 0 Å². The largest absolute Gasteiger partial charge is 0.462 e. The average molecular weight is 212 g/mol. The molecule has 1 fully saturated rings. The number of hydrogen-bond acceptors (Lipinski definition) is 2. The Hall–Kier alpha value is -0.530. The Morgan fingerprint density at radius 3 is 2.73 bits per heavy atom. The fourth-order valence-corrected chi connectivity index (χ4v) is 2.47. The minimum absolute atomic E-state index is 0.000325. The van der Waals surface area contributed by atoms with Crippen LogP contribution in [-0.4, -0.2) is 12.1 Å². The van der Waals surface area contributed by atoms with Gasteiger partial charge in [0.25, 0.3) is 0 Å². The summed E-state index contributed by atoms with van der Waals surface area (Å²) in [5.74, 6) is 0.794. The third kappa shape index (κ3) is 4.67. The van der Waals surface area contributed by atoms with Crippen molar-refractivity contribution < 1.29 is 9.53 Å². The van der Waals surface area contributed by atoms with E-state index in [4.69, 9.17) is 4.74 Å². The third-order valence-corrected chi connectivity index (χ3v) is 3.18. The van der Waals surface area contributed by atoms with E-state index in [9.17, 15) is 4.79 Å². The van der Waals surface area contributed by atoms with Crippen LogP contribution in [0.15, 0.2) is 0 Å². The zero-order valence-corrected chi connectivity index (χ0v) is 10.1. The molecule has 0 aliphatic heterocycles. The van der Waals surface area contributed by atoms with E-state index in [0.29, 0.717) is 6.42 Å². The lowest BCUT2D eigenvalue weighted by molar-refractivity contribution is -0.151. The SMILES string of the molecule is CCCC(=O)OC1CCCC(CCC)C1. The van der Waals surface area contributed by atoms with Crippen LogP contribution in [-0.2, 0) is 9.53 Å². The lowest BCUT2D eigenvalue weighted by Gasteiger charge is -2.28. The van der Waals surface area contributed by atoms with E-state index in [-0.39, 0.29) is 12.1 Å². The Bertz CT molecular complexity index is 187. The van der Waals surface area contributed by atoms with Crippen LogP contribution >= 0.6 is 0 Å². The second kappa shape index (κ2) is 6.86. The van der Waals surface area contributed by atoms with Crippen LogP contribution in [0.3, 0.4) is 0 Å². The Kier molecular flexibility index (Phi) is 5.74. The fraction of sp³-hybridized carbons (Fsp3) is 0.923. The summed E-state index contributed by atoms with van der Waals surface area (Å²) in [6.45, 7) is 4.24. The first-order valence-electron chi connectivity index (χ1n) is 6.45. The summed E-state index contributed by atoms with van der Waals surface area (Å²) >= 11 is 0. The summed E-state index contributed by atoms with van der Waals surface area (Å²) in [6.07, 6.45) is 8.97. The highest BCUT2D eigenvalue weighted by atomic mass is 16.5. The van der Waals surface area contributed by atoms with Gasteiger partial charge in [-0.05, 0) is 31.6 Å². The zero-order valence-electron chi connectivity index (χ0n) is 10.1. The van der Waals surface area contributed by atoms with Gasteiger partial charge >= 0.3 is 5.97 Å². The average Bonchev–Trinajstić information content (AvgIpc) is 2.19.